The molecule has 4 heterocycles. The molecule has 1 fully saturated rings. The summed E-state index contributed by atoms with van der Waals surface area (Å²) < 4.78 is 0. The largest absolute Gasteiger partial charge is 0.368 e. The number of likely N-dealkylation sites (N-methyl/N-ethyl adjacent to an activating group) is 1. The summed E-state index contributed by atoms with van der Waals surface area (Å²) in [4.78, 5) is 38.6. The van der Waals surface area contributed by atoms with Crippen molar-refractivity contribution < 1.29 is 9.59 Å². The number of rotatable bonds is 6. The van der Waals surface area contributed by atoms with Crippen LogP contribution in [0.15, 0.2) is 42.2 Å². The highest BCUT2D eigenvalue weighted by molar-refractivity contribution is 7.13. The molecule has 0 aromatic carbocycles. The van der Waals surface area contributed by atoms with E-state index in [1.807, 2.05) is 24.5 Å². The minimum atomic E-state index is -0.704. The number of pyridine rings is 1. The zero-order valence-corrected chi connectivity index (χ0v) is 17.3. The Morgan fingerprint density at radius 2 is 2.10 bits per heavy atom. The van der Waals surface area contributed by atoms with Crippen molar-refractivity contribution in [3.63, 3.8) is 0 Å². The lowest BCUT2D eigenvalue weighted by atomic mass is 9.87. The number of aromatic nitrogens is 3. The van der Waals surface area contributed by atoms with Gasteiger partial charge in [0.25, 0.3) is 5.91 Å². The highest BCUT2D eigenvalue weighted by Crippen LogP contribution is 2.30. The summed E-state index contributed by atoms with van der Waals surface area (Å²) in [6.07, 6.45) is 6.47. The third-order valence-corrected chi connectivity index (χ3v) is 6.37. The molecule has 0 radical (unpaired) electrons. The van der Waals surface area contributed by atoms with Gasteiger partial charge in [0, 0.05) is 42.6 Å². The standard InChI is InChI=1S/C20H23N7O2S/c1-22-20(19(21)29)5-9-27(10-6-20)16-14(3-2-7-24-16)25-17(28)15-12-30-18(26-15)13-4-8-23-11-13/h2-4,7-8,11-12,22-23H,5-6,9-10H2,1H3,(H2,21,29)(H,25,28). The first-order valence-corrected chi connectivity index (χ1v) is 10.5. The Balaban J connectivity index is 1.49. The molecule has 3 aromatic heterocycles. The van der Waals surface area contributed by atoms with Gasteiger partial charge in [-0.2, -0.15) is 0 Å². The molecule has 2 amide bonds. The normalized spacial score (nSPS) is 15.7. The maximum absolute atomic E-state index is 12.8. The van der Waals surface area contributed by atoms with Crippen LogP contribution in [0.3, 0.4) is 0 Å². The van der Waals surface area contributed by atoms with Crippen LogP contribution in [0.5, 0.6) is 0 Å². The van der Waals surface area contributed by atoms with E-state index < -0.39 is 5.54 Å². The fourth-order valence-electron chi connectivity index (χ4n) is 3.62. The fourth-order valence-corrected chi connectivity index (χ4v) is 4.42. The topological polar surface area (TPSA) is 129 Å². The van der Waals surface area contributed by atoms with Gasteiger partial charge < -0.3 is 26.3 Å². The number of nitrogens with two attached hydrogens (primary N) is 1. The molecule has 0 saturated carbocycles. The van der Waals surface area contributed by atoms with Crippen molar-refractivity contribution in [1.82, 2.24) is 20.3 Å². The van der Waals surface area contributed by atoms with E-state index in [-0.39, 0.29) is 11.8 Å². The second kappa shape index (κ2) is 8.25. The van der Waals surface area contributed by atoms with Gasteiger partial charge in [-0.15, -0.1) is 11.3 Å². The predicted octanol–water partition coefficient (Wildman–Crippen LogP) is 1.83. The number of thiazole rings is 1. The summed E-state index contributed by atoms with van der Waals surface area (Å²) in [5, 5.41) is 8.51. The summed E-state index contributed by atoms with van der Waals surface area (Å²) >= 11 is 1.41. The van der Waals surface area contributed by atoms with Crippen molar-refractivity contribution in [2.75, 3.05) is 30.4 Å². The van der Waals surface area contributed by atoms with Gasteiger partial charge >= 0.3 is 0 Å². The van der Waals surface area contributed by atoms with Gasteiger partial charge in [0.1, 0.15) is 16.2 Å². The third-order valence-electron chi connectivity index (χ3n) is 5.48. The molecule has 5 N–H and O–H groups in total. The number of H-pyrrole nitrogens is 1. The summed E-state index contributed by atoms with van der Waals surface area (Å²) in [7, 11) is 1.75. The quantitative estimate of drug-likeness (QED) is 0.477. The lowest BCUT2D eigenvalue weighted by Crippen LogP contribution is -2.59. The number of primary amides is 1. The Kier molecular flexibility index (Phi) is 5.51. The Morgan fingerprint density at radius 1 is 1.30 bits per heavy atom. The predicted molar refractivity (Wildman–Crippen MR) is 117 cm³/mol. The van der Waals surface area contributed by atoms with Gasteiger partial charge in [-0.3, -0.25) is 9.59 Å². The summed E-state index contributed by atoms with van der Waals surface area (Å²) in [5.74, 6) is 0.0306. The smallest absolute Gasteiger partial charge is 0.275 e. The molecule has 0 bridgehead atoms. The first kappa shape index (κ1) is 20.0. The second-order valence-corrected chi connectivity index (χ2v) is 8.01. The lowest BCUT2D eigenvalue weighted by Gasteiger charge is -2.40. The average molecular weight is 426 g/mol. The van der Waals surface area contributed by atoms with Crippen LogP contribution in [0.1, 0.15) is 23.3 Å². The van der Waals surface area contributed by atoms with Gasteiger partial charge in [0.05, 0.1) is 5.69 Å². The summed E-state index contributed by atoms with van der Waals surface area (Å²) in [6.45, 7) is 1.19. The van der Waals surface area contributed by atoms with Crippen LogP contribution in [-0.4, -0.2) is 52.4 Å². The van der Waals surface area contributed by atoms with E-state index in [9.17, 15) is 9.59 Å². The summed E-state index contributed by atoms with van der Waals surface area (Å²) in [6, 6.07) is 5.50. The number of anilines is 2. The highest BCUT2D eigenvalue weighted by Gasteiger charge is 2.39. The number of hydrogen-bond acceptors (Lipinski definition) is 7. The van der Waals surface area contributed by atoms with Crippen LogP contribution in [0.25, 0.3) is 10.6 Å². The van der Waals surface area contributed by atoms with E-state index in [1.165, 1.54) is 11.3 Å². The van der Waals surface area contributed by atoms with Crippen LogP contribution in [-0.2, 0) is 4.79 Å². The molecule has 1 aliphatic rings. The van der Waals surface area contributed by atoms with Crippen molar-refractivity contribution in [2.24, 2.45) is 5.73 Å². The van der Waals surface area contributed by atoms with E-state index in [1.54, 1.807) is 24.7 Å². The molecule has 0 spiro atoms. The van der Waals surface area contributed by atoms with Crippen molar-refractivity contribution in [2.45, 2.75) is 18.4 Å². The van der Waals surface area contributed by atoms with Crippen LogP contribution in [0.4, 0.5) is 11.5 Å². The van der Waals surface area contributed by atoms with Gasteiger partial charge in [0.15, 0.2) is 5.82 Å². The first-order chi connectivity index (χ1) is 14.5. The minimum absolute atomic E-state index is 0.291. The molecule has 30 heavy (non-hydrogen) atoms. The van der Waals surface area contributed by atoms with Crippen molar-refractivity contribution >= 4 is 34.7 Å². The Morgan fingerprint density at radius 3 is 2.77 bits per heavy atom. The second-order valence-electron chi connectivity index (χ2n) is 7.15. The SMILES string of the molecule is CNC1(C(N)=O)CCN(c2ncccc2NC(=O)c2csc(-c3cc[nH]c3)n2)CC1. The molecule has 1 saturated heterocycles. The van der Waals surface area contributed by atoms with E-state index in [2.05, 4.69) is 30.5 Å². The number of aromatic amines is 1. The molecule has 9 nitrogen and oxygen atoms in total. The molecule has 3 aromatic rings. The molecular formula is C20H23N7O2S. The van der Waals surface area contributed by atoms with E-state index in [0.29, 0.717) is 43.1 Å². The fraction of sp³-hybridized carbons (Fsp3) is 0.300. The van der Waals surface area contributed by atoms with Crippen LogP contribution >= 0.6 is 11.3 Å². The minimum Gasteiger partial charge on any atom is -0.368 e. The number of carbonyl (C=O) groups is 2. The van der Waals surface area contributed by atoms with Crippen molar-refractivity contribution in [3.8, 4) is 10.6 Å². The maximum Gasteiger partial charge on any atom is 0.275 e. The Labute approximate surface area is 177 Å². The average Bonchev–Trinajstić information content (AvgIpc) is 3.46. The lowest BCUT2D eigenvalue weighted by molar-refractivity contribution is -0.125. The van der Waals surface area contributed by atoms with Crippen molar-refractivity contribution in [1.29, 1.82) is 0 Å². The maximum atomic E-state index is 12.8. The molecule has 0 aliphatic carbocycles. The summed E-state index contributed by atoms with van der Waals surface area (Å²) in [5.41, 5.74) is 6.79. The zero-order chi connectivity index (χ0) is 21.1. The van der Waals surface area contributed by atoms with Crippen LogP contribution in [0.2, 0.25) is 0 Å². The van der Waals surface area contributed by atoms with E-state index in [4.69, 9.17) is 5.73 Å². The number of carbonyl (C=O) groups excluding carboxylic acids is 2. The number of nitrogens with zero attached hydrogens (tertiary/aromatic N) is 3. The van der Waals surface area contributed by atoms with E-state index in [0.717, 1.165) is 10.6 Å². The molecule has 10 heteroatoms. The third kappa shape index (κ3) is 3.79. The molecule has 1 aliphatic heterocycles. The van der Waals surface area contributed by atoms with Gasteiger partial charge in [-0.05, 0) is 38.1 Å². The van der Waals surface area contributed by atoms with Gasteiger partial charge in [-0.25, -0.2) is 9.97 Å². The number of nitrogens with one attached hydrogen (secondary N) is 3. The number of hydrogen-bond donors (Lipinski definition) is 4. The number of piperidine rings is 1. The van der Waals surface area contributed by atoms with Crippen LogP contribution in [0, 0.1) is 0 Å². The molecule has 0 unspecified atom stereocenters. The zero-order valence-electron chi connectivity index (χ0n) is 16.5. The molecule has 4 rings (SSSR count). The van der Waals surface area contributed by atoms with E-state index >= 15 is 0 Å². The highest BCUT2D eigenvalue weighted by atomic mass is 32.1. The molecule has 0 atom stereocenters. The Hall–Kier alpha value is -3.24. The molecular weight excluding hydrogens is 402 g/mol. The first-order valence-electron chi connectivity index (χ1n) is 9.61. The van der Waals surface area contributed by atoms with Crippen molar-refractivity contribution in [3.05, 3.63) is 47.9 Å². The van der Waals surface area contributed by atoms with Gasteiger partial charge in [0.2, 0.25) is 5.91 Å². The Bertz CT molecular complexity index is 1040. The van der Waals surface area contributed by atoms with Crippen LogP contribution < -0.4 is 21.3 Å². The number of amides is 2. The molecule has 156 valence electrons. The monoisotopic (exact) mass is 425 g/mol. The van der Waals surface area contributed by atoms with Gasteiger partial charge in [-0.1, -0.05) is 0 Å².